The molecule has 6 heteroatoms. The first-order valence-corrected chi connectivity index (χ1v) is 8.39. The third kappa shape index (κ3) is 3.50. The minimum absolute atomic E-state index is 0.0604. The van der Waals surface area contributed by atoms with Gasteiger partial charge in [0.05, 0.1) is 6.20 Å². The van der Waals surface area contributed by atoms with Gasteiger partial charge in [-0.25, -0.2) is 9.48 Å². The van der Waals surface area contributed by atoms with Crippen molar-refractivity contribution in [1.82, 2.24) is 14.7 Å². The van der Waals surface area contributed by atoms with E-state index in [1.54, 1.807) is 10.9 Å². The number of carbonyl (C=O) groups is 1. The first kappa shape index (κ1) is 15.9. The molecule has 1 aromatic carbocycles. The van der Waals surface area contributed by atoms with Crippen LogP contribution in [0.25, 0.3) is 0 Å². The number of benzene rings is 1. The van der Waals surface area contributed by atoms with Gasteiger partial charge in [-0.1, -0.05) is 29.8 Å². The van der Waals surface area contributed by atoms with Crippen molar-refractivity contribution in [3.05, 3.63) is 47.1 Å². The molecule has 1 aromatic heterocycles. The highest BCUT2D eigenvalue weighted by molar-refractivity contribution is 6.31. The Morgan fingerprint density at radius 2 is 2.22 bits per heavy atom. The molecule has 1 unspecified atom stereocenters. The minimum Gasteiger partial charge on any atom is -0.321 e. The fourth-order valence-corrected chi connectivity index (χ4v) is 3.32. The third-order valence-electron chi connectivity index (χ3n) is 4.30. The number of nitrogens with one attached hydrogen (secondary N) is 1. The summed E-state index contributed by atoms with van der Waals surface area (Å²) in [5.74, 6) is 0.737. The van der Waals surface area contributed by atoms with Gasteiger partial charge in [0.1, 0.15) is 5.82 Å². The number of amides is 2. The molecule has 23 heavy (non-hydrogen) atoms. The third-order valence-corrected chi connectivity index (χ3v) is 4.67. The smallest absolute Gasteiger partial charge is 0.321 e. The van der Waals surface area contributed by atoms with Crippen LogP contribution >= 0.6 is 11.6 Å². The standard InChI is InChI=1S/C17H21ClN4O/c1-2-22-16(9-10-19-22)20-17(23)21-11-5-7-14(21)12-13-6-3-4-8-15(13)18/h3-4,6,8-10,14H,2,5,7,11-12H2,1H3,(H,20,23). The molecule has 1 aliphatic heterocycles. The molecule has 1 saturated heterocycles. The highest BCUT2D eigenvalue weighted by Gasteiger charge is 2.29. The van der Waals surface area contributed by atoms with E-state index in [0.717, 1.165) is 48.8 Å². The molecule has 1 atom stereocenters. The fraction of sp³-hybridized carbons (Fsp3) is 0.412. The second-order valence-electron chi connectivity index (χ2n) is 5.75. The lowest BCUT2D eigenvalue weighted by atomic mass is 10.0. The Balaban J connectivity index is 1.69. The van der Waals surface area contributed by atoms with Crippen molar-refractivity contribution in [3.63, 3.8) is 0 Å². The van der Waals surface area contributed by atoms with E-state index < -0.39 is 0 Å². The lowest BCUT2D eigenvalue weighted by Crippen LogP contribution is -2.40. The number of carbonyl (C=O) groups excluding carboxylic acids is 1. The maximum Gasteiger partial charge on any atom is 0.323 e. The van der Waals surface area contributed by atoms with Gasteiger partial charge in [-0.2, -0.15) is 5.10 Å². The largest absolute Gasteiger partial charge is 0.323 e. The van der Waals surface area contributed by atoms with Crippen molar-refractivity contribution in [2.75, 3.05) is 11.9 Å². The summed E-state index contributed by atoms with van der Waals surface area (Å²) in [6.45, 7) is 3.51. The van der Waals surface area contributed by atoms with Gasteiger partial charge in [0, 0.05) is 30.2 Å². The van der Waals surface area contributed by atoms with E-state index in [0.29, 0.717) is 0 Å². The Labute approximate surface area is 141 Å². The maximum atomic E-state index is 12.6. The Kier molecular flexibility index (Phi) is 4.86. The van der Waals surface area contributed by atoms with Crippen LogP contribution < -0.4 is 5.32 Å². The van der Waals surface area contributed by atoms with E-state index in [1.807, 2.05) is 42.2 Å². The zero-order chi connectivity index (χ0) is 16.2. The molecule has 0 radical (unpaired) electrons. The van der Waals surface area contributed by atoms with Crippen molar-refractivity contribution >= 4 is 23.4 Å². The van der Waals surface area contributed by atoms with Gasteiger partial charge in [0.25, 0.3) is 0 Å². The first-order valence-electron chi connectivity index (χ1n) is 8.02. The predicted molar refractivity (Wildman–Crippen MR) is 91.8 cm³/mol. The molecule has 1 N–H and O–H groups in total. The maximum absolute atomic E-state index is 12.6. The number of urea groups is 1. The molecule has 2 amide bonds. The number of aromatic nitrogens is 2. The number of hydrogen-bond donors (Lipinski definition) is 1. The minimum atomic E-state index is -0.0604. The summed E-state index contributed by atoms with van der Waals surface area (Å²) in [6, 6.07) is 9.79. The van der Waals surface area contributed by atoms with Crippen LogP contribution in [0.4, 0.5) is 10.6 Å². The highest BCUT2D eigenvalue weighted by atomic mass is 35.5. The number of nitrogens with zero attached hydrogens (tertiary/aromatic N) is 3. The topological polar surface area (TPSA) is 50.2 Å². The molecular formula is C17H21ClN4O. The Morgan fingerprint density at radius 3 is 3.00 bits per heavy atom. The van der Waals surface area contributed by atoms with E-state index in [4.69, 9.17) is 11.6 Å². The lowest BCUT2D eigenvalue weighted by molar-refractivity contribution is 0.206. The zero-order valence-corrected chi connectivity index (χ0v) is 14.0. The summed E-state index contributed by atoms with van der Waals surface area (Å²) in [6.07, 6.45) is 4.52. The monoisotopic (exact) mass is 332 g/mol. The van der Waals surface area contributed by atoms with Crippen molar-refractivity contribution < 1.29 is 4.79 Å². The van der Waals surface area contributed by atoms with Gasteiger partial charge in [-0.3, -0.25) is 5.32 Å². The lowest BCUT2D eigenvalue weighted by Gasteiger charge is -2.25. The van der Waals surface area contributed by atoms with Crippen molar-refractivity contribution in [2.24, 2.45) is 0 Å². The normalized spacial score (nSPS) is 17.5. The van der Waals surface area contributed by atoms with E-state index in [1.165, 1.54) is 0 Å². The molecule has 3 rings (SSSR count). The van der Waals surface area contributed by atoms with Gasteiger partial charge in [0.2, 0.25) is 0 Å². The van der Waals surface area contributed by atoms with E-state index >= 15 is 0 Å². The molecule has 122 valence electrons. The quantitative estimate of drug-likeness (QED) is 0.926. The summed E-state index contributed by atoms with van der Waals surface area (Å²) < 4.78 is 1.77. The molecule has 0 aliphatic carbocycles. The molecular weight excluding hydrogens is 312 g/mol. The SMILES string of the molecule is CCn1nccc1NC(=O)N1CCCC1Cc1ccccc1Cl. The van der Waals surface area contributed by atoms with Crippen LogP contribution in [0, 0.1) is 0 Å². The zero-order valence-electron chi connectivity index (χ0n) is 13.2. The fourth-order valence-electron chi connectivity index (χ4n) is 3.11. The number of anilines is 1. The molecule has 0 spiro atoms. The van der Waals surface area contributed by atoms with Gasteiger partial charge in [0.15, 0.2) is 0 Å². The number of aryl methyl sites for hydroxylation is 1. The summed E-state index contributed by atoms with van der Waals surface area (Å²) in [4.78, 5) is 14.5. The van der Waals surface area contributed by atoms with Gasteiger partial charge in [-0.05, 0) is 37.8 Å². The average Bonchev–Trinajstić information content (AvgIpc) is 3.18. The van der Waals surface area contributed by atoms with Crippen LogP contribution in [0.1, 0.15) is 25.3 Å². The van der Waals surface area contributed by atoms with Crippen LogP contribution in [0.2, 0.25) is 5.02 Å². The van der Waals surface area contributed by atoms with Crippen LogP contribution in [-0.4, -0.2) is 33.3 Å². The summed E-state index contributed by atoms with van der Waals surface area (Å²) in [5.41, 5.74) is 1.09. The van der Waals surface area contributed by atoms with E-state index in [-0.39, 0.29) is 12.1 Å². The van der Waals surface area contributed by atoms with Crippen molar-refractivity contribution in [2.45, 2.75) is 38.8 Å². The van der Waals surface area contributed by atoms with E-state index in [2.05, 4.69) is 10.4 Å². The summed E-state index contributed by atoms with van der Waals surface area (Å²) in [5, 5.41) is 7.91. The van der Waals surface area contributed by atoms with Gasteiger partial charge in [-0.15, -0.1) is 0 Å². The molecule has 2 heterocycles. The van der Waals surface area contributed by atoms with Crippen molar-refractivity contribution in [3.8, 4) is 0 Å². The predicted octanol–water partition coefficient (Wildman–Crippen LogP) is 3.80. The Morgan fingerprint density at radius 1 is 1.39 bits per heavy atom. The second kappa shape index (κ2) is 7.04. The number of halogens is 1. The molecule has 5 nitrogen and oxygen atoms in total. The Bertz CT molecular complexity index is 685. The highest BCUT2D eigenvalue weighted by Crippen LogP contribution is 2.25. The number of rotatable bonds is 4. The van der Waals surface area contributed by atoms with Crippen LogP contribution in [-0.2, 0) is 13.0 Å². The number of likely N-dealkylation sites (tertiary alicyclic amines) is 1. The summed E-state index contributed by atoms with van der Waals surface area (Å²) in [7, 11) is 0. The van der Waals surface area contributed by atoms with Crippen LogP contribution in [0.3, 0.4) is 0 Å². The molecule has 0 saturated carbocycles. The van der Waals surface area contributed by atoms with Crippen molar-refractivity contribution in [1.29, 1.82) is 0 Å². The number of hydrogen-bond acceptors (Lipinski definition) is 2. The van der Waals surface area contributed by atoms with Crippen LogP contribution in [0.5, 0.6) is 0 Å². The Hall–Kier alpha value is -2.01. The summed E-state index contributed by atoms with van der Waals surface area (Å²) >= 11 is 6.25. The van der Waals surface area contributed by atoms with Gasteiger partial charge >= 0.3 is 6.03 Å². The second-order valence-corrected chi connectivity index (χ2v) is 6.15. The van der Waals surface area contributed by atoms with Crippen LogP contribution in [0.15, 0.2) is 36.5 Å². The van der Waals surface area contributed by atoms with Gasteiger partial charge < -0.3 is 4.90 Å². The van der Waals surface area contributed by atoms with E-state index in [9.17, 15) is 4.79 Å². The molecule has 1 aliphatic rings. The average molecular weight is 333 g/mol. The molecule has 1 fully saturated rings. The molecule has 0 bridgehead atoms. The first-order chi connectivity index (χ1) is 11.2. The molecule has 2 aromatic rings.